The summed E-state index contributed by atoms with van der Waals surface area (Å²) in [6.07, 6.45) is 0.282. The highest BCUT2D eigenvalue weighted by Crippen LogP contribution is 2.35. The van der Waals surface area contributed by atoms with Gasteiger partial charge in [0.2, 0.25) is 0 Å². The predicted octanol–water partition coefficient (Wildman–Crippen LogP) is 2.93. The summed E-state index contributed by atoms with van der Waals surface area (Å²) in [5.41, 5.74) is 0. The zero-order valence-electron chi connectivity index (χ0n) is 7.73. The first-order chi connectivity index (χ1) is 5.97. The molecule has 0 unspecified atom stereocenters. The van der Waals surface area contributed by atoms with E-state index in [1.54, 1.807) is 19.4 Å². The molecule has 0 radical (unpaired) electrons. The van der Waals surface area contributed by atoms with Crippen molar-refractivity contribution in [2.24, 2.45) is 0 Å². The first-order valence-electron chi connectivity index (χ1n) is 3.93. The molecule has 72 valence electrons. The molecule has 0 saturated carbocycles. The lowest BCUT2D eigenvalue weighted by Gasteiger charge is -2.09. The van der Waals surface area contributed by atoms with Gasteiger partial charge in [-0.25, -0.2) is 0 Å². The Bertz CT molecular complexity index is 332. The van der Waals surface area contributed by atoms with Gasteiger partial charge in [0.1, 0.15) is 19.2 Å². The molecule has 0 bridgehead atoms. The third kappa shape index (κ3) is 4.39. The zero-order valence-corrected chi connectivity index (χ0v) is 9.52. The molecule has 13 heavy (non-hydrogen) atoms. The minimum absolute atomic E-state index is 0.282. The number of hydrogen-bond acceptors (Lipinski definition) is 3. The van der Waals surface area contributed by atoms with Crippen molar-refractivity contribution < 1.29 is 9.30 Å². The maximum atomic E-state index is 11.3. The van der Waals surface area contributed by atoms with E-state index in [-0.39, 0.29) is 6.35 Å². The van der Waals surface area contributed by atoms with Crippen LogP contribution in [0.1, 0.15) is 0 Å². The molecular weight excluding hydrogens is 203 g/mol. The second-order valence-electron chi connectivity index (χ2n) is 3.34. The largest absolute Gasteiger partial charge is 0.486 e. The second kappa shape index (κ2) is 4.21. The molecule has 0 aliphatic carbocycles. The monoisotopic (exact) mass is 216 g/mol. The van der Waals surface area contributed by atoms with Crippen LogP contribution in [0, 0.1) is 0 Å². The Morgan fingerprint density at radius 2 is 2.15 bits per heavy atom. The van der Waals surface area contributed by atoms with Crippen LogP contribution in [-0.2, 0) is 4.57 Å². The molecule has 0 heterocycles. The summed E-state index contributed by atoms with van der Waals surface area (Å²) < 4.78 is 16.7. The number of ether oxygens (including phenoxy) is 1. The van der Waals surface area contributed by atoms with Crippen LogP contribution in [0.25, 0.3) is 0 Å². The molecule has 0 aliphatic rings. The van der Waals surface area contributed by atoms with Gasteiger partial charge in [-0.3, -0.25) is 0 Å². The molecule has 0 spiro atoms. The molecule has 1 aromatic rings. The standard InChI is InChI=1S/C9H13O2PS/c1-12(2,10)7-11-8-4-3-5-9(13)6-8/h3-6,13H,7H2,1-2H3. The van der Waals surface area contributed by atoms with Crippen molar-refractivity contribution >= 4 is 19.8 Å². The van der Waals surface area contributed by atoms with E-state index < -0.39 is 7.14 Å². The van der Waals surface area contributed by atoms with Gasteiger partial charge in [0, 0.05) is 4.90 Å². The molecule has 4 heteroatoms. The number of rotatable bonds is 3. The fourth-order valence-electron chi connectivity index (χ4n) is 0.803. The van der Waals surface area contributed by atoms with E-state index >= 15 is 0 Å². The predicted molar refractivity (Wildman–Crippen MR) is 58.6 cm³/mol. The van der Waals surface area contributed by atoms with Crippen LogP contribution in [-0.4, -0.2) is 19.7 Å². The van der Waals surface area contributed by atoms with E-state index in [2.05, 4.69) is 12.6 Å². The van der Waals surface area contributed by atoms with Crippen molar-refractivity contribution in [3.8, 4) is 5.75 Å². The van der Waals surface area contributed by atoms with Crippen LogP contribution in [0.5, 0.6) is 5.75 Å². The van der Waals surface area contributed by atoms with Crippen molar-refractivity contribution in [3.63, 3.8) is 0 Å². The van der Waals surface area contributed by atoms with Crippen LogP contribution >= 0.6 is 19.8 Å². The van der Waals surface area contributed by atoms with E-state index in [1.165, 1.54) is 0 Å². The summed E-state index contributed by atoms with van der Waals surface area (Å²) in [7, 11) is -2.09. The van der Waals surface area contributed by atoms with Crippen molar-refractivity contribution in [3.05, 3.63) is 24.3 Å². The number of hydrogen-bond donors (Lipinski definition) is 1. The highest BCUT2D eigenvalue weighted by atomic mass is 32.1. The first kappa shape index (κ1) is 10.7. The molecule has 0 aliphatic heterocycles. The van der Waals surface area contributed by atoms with Crippen molar-refractivity contribution in [1.29, 1.82) is 0 Å². The average molecular weight is 216 g/mol. The lowest BCUT2D eigenvalue weighted by molar-refractivity contribution is 0.377. The van der Waals surface area contributed by atoms with Gasteiger partial charge >= 0.3 is 0 Å². The number of benzene rings is 1. The van der Waals surface area contributed by atoms with E-state index in [9.17, 15) is 4.57 Å². The SMILES string of the molecule is CP(C)(=O)COc1cccc(S)c1. The fraction of sp³-hybridized carbons (Fsp3) is 0.333. The first-order valence-corrected chi connectivity index (χ1v) is 7.16. The Kier molecular flexibility index (Phi) is 3.46. The molecule has 2 nitrogen and oxygen atoms in total. The van der Waals surface area contributed by atoms with Crippen LogP contribution in [0.4, 0.5) is 0 Å². The smallest absolute Gasteiger partial charge is 0.140 e. The molecule has 0 fully saturated rings. The molecule has 0 aromatic heterocycles. The van der Waals surface area contributed by atoms with Crippen LogP contribution in [0.15, 0.2) is 29.2 Å². The minimum atomic E-state index is -2.09. The Balaban J connectivity index is 2.60. The summed E-state index contributed by atoms with van der Waals surface area (Å²) >= 11 is 4.17. The minimum Gasteiger partial charge on any atom is -0.486 e. The molecule has 1 rings (SSSR count). The molecule has 0 amide bonds. The normalized spacial score (nSPS) is 11.3. The van der Waals surface area contributed by atoms with Crippen LogP contribution in [0.2, 0.25) is 0 Å². The molecule has 0 N–H and O–H groups in total. The summed E-state index contributed by atoms with van der Waals surface area (Å²) in [5.74, 6) is 0.719. The van der Waals surface area contributed by atoms with E-state index in [0.29, 0.717) is 0 Å². The third-order valence-corrected chi connectivity index (χ3v) is 2.39. The Hall–Kier alpha value is -0.400. The van der Waals surface area contributed by atoms with Crippen molar-refractivity contribution in [1.82, 2.24) is 0 Å². The lowest BCUT2D eigenvalue weighted by atomic mass is 10.3. The van der Waals surface area contributed by atoms with E-state index in [1.807, 2.05) is 18.2 Å². The van der Waals surface area contributed by atoms with Gasteiger partial charge in [-0.05, 0) is 31.5 Å². The van der Waals surface area contributed by atoms with Gasteiger partial charge in [0.25, 0.3) is 0 Å². The summed E-state index contributed by atoms with van der Waals surface area (Å²) in [6, 6.07) is 7.36. The Morgan fingerprint density at radius 3 is 2.69 bits per heavy atom. The van der Waals surface area contributed by atoms with Gasteiger partial charge in [0.05, 0.1) is 0 Å². The Morgan fingerprint density at radius 1 is 1.46 bits per heavy atom. The van der Waals surface area contributed by atoms with Gasteiger partial charge in [-0.15, -0.1) is 12.6 Å². The lowest BCUT2D eigenvalue weighted by Crippen LogP contribution is -1.96. The topological polar surface area (TPSA) is 26.3 Å². The quantitative estimate of drug-likeness (QED) is 0.621. The molecule has 0 saturated heterocycles. The molecule has 0 atom stereocenters. The second-order valence-corrected chi connectivity index (χ2v) is 7.27. The van der Waals surface area contributed by atoms with Gasteiger partial charge in [-0.2, -0.15) is 0 Å². The summed E-state index contributed by atoms with van der Waals surface area (Å²) in [5, 5.41) is 0. The number of thiol groups is 1. The third-order valence-electron chi connectivity index (χ3n) is 1.36. The highest BCUT2D eigenvalue weighted by molar-refractivity contribution is 7.80. The maximum absolute atomic E-state index is 11.3. The molecular formula is C9H13O2PS. The van der Waals surface area contributed by atoms with Crippen molar-refractivity contribution in [2.45, 2.75) is 4.90 Å². The van der Waals surface area contributed by atoms with Gasteiger partial charge < -0.3 is 9.30 Å². The highest BCUT2D eigenvalue weighted by Gasteiger charge is 2.07. The maximum Gasteiger partial charge on any atom is 0.140 e. The Labute approximate surface area is 84.1 Å². The molecule has 1 aromatic carbocycles. The zero-order chi connectivity index (χ0) is 9.90. The summed E-state index contributed by atoms with van der Waals surface area (Å²) in [4.78, 5) is 0.847. The van der Waals surface area contributed by atoms with Gasteiger partial charge in [-0.1, -0.05) is 6.07 Å². The van der Waals surface area contributed by atoms with Crippen LogP contribution < -0.4 is 4.74 Å². The van der Waals surface area contributed by atoms with E-state index in [0.717, 1.165) is 10.6 Å². The van der Waals surface area contributed by atoms with Crippen LogP contribution in [0.3, 0.4) is 0 Å². The fourth-order valence-corrected chi connectivity index (χ4v) is 1.48. The average Bonchev–Trinajstić information content (AvgIpc) is 2.00. The van der Waals surface area contributed by atoms with Gasteiger partial charge in [0.15, 0.2) is 0 Å². The summed E-state index contributed by atoms with van der Waals surface area (Å²) in [6.45, 7) is 3.41. The van der Waals surface area contributed by atoms with Crippen molar-refractivity contribution in [2.75, 3.05) is 19.7 Å². The van der Waals surface area contributed by atoms with E-state index in [4.69, 9.17) is 4.74 Å².